The maximum absolute atomic E-state index is 11.7. The van der Waals surface area contributed by atoms with Gasteiger partial charge in [0.2, 0.25) is 0 Å². The Morgan fingerprint density at radius 1 is 1.44 bits per heavy atom. The summed E-state index contributed by atoms with van der Waals surface area (Å²) in [7, 11) is -2.51. The second kappa shape index (κ2) is 2.96. The zero-order chi connectivity index (χ0) is 11.7. The number of aliphatic hydroxyl groups excluding tert-OH is 1. The lowest BCUT2D eigenvalue weighted by Gasteiger charge is -2.26. The third kappa shape index (κ3) is 1.03. The molecule has 2 aliphatic carbocycles. The summed E-state index contributed by atoms with van der Waals surface area (Å²) in [6.45, 7) is 0. The Labute approximate surface area is 92.7 Å². The average molecular weight is 248 g/mol. The SMILES string of the molecule is COC(=O)C1C2CC3C(OS(=O)(=O)C31)C2O. The van der Waals surface area contributed by atoms with Crippen molar-refractivity contribution < 1.29 is 27.2 Å². The van der Waals surface area contributed by atoms with Crippen LogP contribution in [0.3, 0.4) is 0 Å². The first kappa shape index (κ1) is 10.5. The molecule has 0 aromatic carbocycles. The Morgan fingerprint density at radius 2 is 2.12 bits per heavy atom. The molecule has 2 bridgehead atoms. The molecular weight excluding hydrogens is 236 g/mol. The Hall–Kier alpha value is -0.660. The molecule has 0 amide bonds. The monoisotopic (exact) mass is 248 g/mol. The summed E-state index contributed by atoms with van der Waals surface area (Å²) < 4.78 is 32.9. The molecule has 1 saturated heterocycles. The largest absolute Gasteiger partial charge is 0.469 e. The van der Waals surface area contributed by atoms with Crippen molar-refractivity contribution in [2.24, 2.45) is 17.8 Å². The fraction of sp³-hybridized carbons (Fsp3) is 0.889. The molecule has 0 radical (unpaired) electrons. The molecule has 6 atom stereocenters. The van der Waals surface area contributed by atoms with Crippen LogP contribution in [-0.2, 0) is 23.8 Å². The first-order valence-corrected chi connectivity index (χ1v) is 6.62. The van der Waals surface area contributed by atoms with Gasteiger partial charge in [0, 0.05) is 11.8 Å². The Bertz CT molecular complexity index is 443. The van der Waals surface area contributed by atoms with Gasteiger partial charge in [0.15, 0.2) is 0 Å². The maximum atomic E-state index is 11.7. The van der Waals surface area contributed by atoms with Gasteiger partial charge >= 0.3 is 5.97 Å². The van der Waals surface area contributed by atoms with E-state index in [4.69, 9.17) is 4.18 Å². The van der Waals surface area contributed by atoms with Crippen LogP contribution in [0.1, 0.15) is 6.42 Å². The van der Waals surface area contributed by atoms with Gasteiger partial charge < -0.3 is 9.84 Å². The van der Waals surface area contributed by atoms with Crippen molar-refractivity contribution in [1.82, 2.24) is 0 Å². The van der Waals surface area contributed by atoms with Gasteiger partial charge in [-0.05, 0) is 6.42 Å². The van der Waals surface area contributed by atoms with Crippen LogP contribution in [0.4, 0.5) is 0 Å². The number of carbonyl (C=O) groups is 1. The summed E-state index contributed by atoms with van der Waals surface area (Å²) >= 11 is 0. The van der Waals surface area contributed by atoms with Crippen LogP contribution < -0.4 is 0 Å². The summed E-state index contributed by atoms with van der Waals surface area (Å²) in [5, 5.41) is 9.03. The maximum Gasteiger partial charge on any atom is 0.310 e. The third-order valence-electron chi connectivity index (χ3n) is 4.03. The second-order valence-corrected chi connectivity index (χ2v) is 6.34. The van der Waals surface area contributed by atoms with Crippen LogP contribution in [0.15, 0.2) is 0 Å². The fourth-order valence-corrected chi connectivity index (χ4v) is 5.52. The second-order valence-electron chi connectivity index (χ2n) is 4.62. The number of aliphatic hydroxyl groups is 1. The highest BCUT2D eigenvalue weighted by atomic mass is 32.2. The molecule has 2 saturated carbocycles. The van der Waals surface area contributed by atoms with Crippen molar-refractivity contribution in [2.45, 2.75) is 23.9 Å². The fourth-order valence-electron chi connectivity index (χ4n) is 3.46. The number of methoxy groups -OCH3 is 1. The minimum Gasteiger partial charge on any atom is -0.469 e. The molecule has 16 heavy (non-hydrogen) atoms. The molecule has 6 nitrogen and oxygen atoms in total. The van der Waals surface area contributed by atoms with E-state index < -0.39 is 39.5 Å². The van der Waals surface area contributed by atoms with Gasteiger partial charge in [-0.15, -0.1) is 0 Å². The Morgan fingerprint density at radius 3 is 2.75 bits per heavy atom. The van der Waals surface area contributed by atoms with Crippen molar-refractivity contribution in [3.05, 3.63) is 0 Å². The molecule has 0 aromatic rings. The van der Waals surface area contributed by atoms with Crippen molar-refractivity contribution >= 4 is 16.1 Å². The number of carbonyl (C=O) groups excluding carboxylic acids is 1. The minimum absolute atomic E-state index is 0.255. The van der Waals surface area contributed by atoms with Gasteiger partial charge in [-0.2, -0.15) is 8.42 Å². The van der Waals surface area contributed by atoms with E-state index in [-0.39, 0.29) is 11.8 Å². The van der Waals surface area contributed by atoms with E-state index in [2.05, 4.69) is 4.74 Å². The quantitative estimate of drug-likeness (QED) is 0.467. The highest BCUT2D eigenvalue weighted by molar-refractivity contribution is 7.87. The van der Waals surface area contributed by atoms with E-state index >= 15 is 0 Å². The third-order valence-corrected chi connectivity index (χ3v) is 5.83. The van der Waals surface area contributed by atoms with Gasteiger partial charge in [-0.3, -0.25) is 8.98 Å². The normalized spacial score (nSPS) is 51.9. The molecule has 1 N–H and O–H groups in total. The zero-order valence-electron chi connectivity index (χ0n) is 8.57. The van der Waals surface area contributed by atoms with Gasteiger partial charge in [0.25, 0.3) is 10.1 Å². The van der Waals surface area contributed by atoms with E-state index in [0.717, 1.165) is 0 Å². The number of hydrogen-bond acceptors (Lipinski definition) is 6. The smallest absolute Gasteiger partial charge is 0.310 e. The first-order valence-electron chi connectivity index (χ1n) is 5.15. The predicted octanol–water partition coefficient (Wildman–Crippen LogP) is -1.12. The van der Waals surface area contributed by atoms with Gasteiger partial charge in [0.1, 0.15) is 11.4 Å². The predicted molar refractivity (Wildman–Crippen MR) is 50.7 cm³/mol. The van der Waals surface area contributed by atoms with Crippen LogP contribution in [0.5, 0.6) is 0 Å². The highest BCUT2D eigenvalue weighted by Gasteiger charge is 2.70. The van der Waals surface area contributed by atoms with Crippen molar-refractivity contribution in [3.8, 4) is 0 Å². The molecular formula is C9H12O6S. The molecule has 3 fully saturated rings. The van der Waals surface area contributed by atoms with Gasteiger partial charge in [0.05, 0.1) is 19.1 Å². The van der Waals surface area contributed by atoms with E-state index in [1.807, 2.05) is 0 Å². The van der Waals surface area contributed by atoms with E-state index in [0.29, 0.717) is 6.42 Å². The topological polar surface area (TPSA) is 89.9 Å². The summed E-state index contributed by atoms with van der Waals surface area (Å²) in [5.41, 5.74) is 0. The number of ether oxygens (including phenoxy) is 1. The van der Waals surface area contributed by atoms with E-state index in [1.54, 1.807) is 0 Å². The molecule has 3 aliphatic rings. The van der Waals surface area contributed by atoms with Crippen molar-refractivity contribution in [2.75, 3.05) is 7.11 Å². The zero-order valence-corrected chi connectivity index (χ0v) is 9.38. The molecule has 1 aliphatic heterocycles. The van der Waals surface area contributed by atoms with Crippen LogP contribution in [0, 0.1) is 17.8 Å². The molecule has 0 aromatic heterocycles. The minimum atomic E-state index is -3.73. The van der Waals surface area contributed by atoms with Crippen molar-refractivity contribution in [1.29, 1.82) is 0 Å². The summed E-state index contributed by atoms with van der Waals surface area (Å²) in [6.07, 6.45) is -1.00. The number of rotatable bonds is 1. The lowest BCUT2D eigenvalue weighted by molar-refractivity contribution is -0.149. The van der Waals surface area contributed by atoms with E-state index in [9.17, 15) is 18.3 Å². The molecule has 90 valence electrons. The average Bonchev–Trinajstić information content (AvgIpc) is 2.80. The highest BCUT2D eigenvalue weighted by Crippen LogP contribution is 2.57. The Balaban J connectivity index is 2.07. The van der Waals surface area contributed by atoms with Crippen LogP contribution >= 0.6 is 0 Å². The summed E-state index contributed by atoms with van der Waals surface area (Å²) in [4.78, 5) is 11.6. The van der Waals surface area contributed by atoms with Gasteiger partial charge in [-0.25, -0.2) is 0 Å². The lowest BCUT2D eigenvalue weighted by Crippen LogP contribution is -2.43. The first-order chi connectivity index (χ1) is 7.47. The molecule has 7 heteroatoms. The van der Waals surface area contributed by atoms with Crippen molar-refractivity contribution in [3.63, 3.8) is 0 Å². The molecule has 0 spiro atoms. The molecule has 1 heterocycles. The van der Waals surface area contributed by atoms with Crippen LogP contribution in [0.25, 0.3) is 0 Å². The number of hydrogen-bond donors (Lipinski definition) is 1. The number of fused-ring (bicyclic) bond motifs is 1. The van der Waals surface area contributed by atoms with Gasteiger partial charge in [-0.1, -0.05) is 0 Å². The Kier molecular flexibility index (Phi) is 1.94. The molecule has 3 rings (SSSR count). The molecule has 6 unspecified atom stereocenters. The van der Waals surface area contributed by atoms with Crippen LogP contribution in [-0.4, -0.2) is 44.1 Å². The van der Waals surface area contributed by atoms with E-state index in [1.165, 1.54) is 7.11 Å². The lowest BCUT2D eigenvalue weighted by atomic mass is 9.85. The number of esters is 1. The standard InChI is InChI=1S/C9H12O6S/c1-14-9(11)5-3-2-4-7(6(3)10)15-16(12,13)8(4)5/h3-8,10H,2H2,1H3. The summed E-state index contributed by atoms with van der Waals surface area (Å²) in [5.74, 6) is -1.93. The van der Waals surface area contributed by atoms with Crippen LogP contribution in [0.2, 0.25) is 0 Å². The summed E-state index contributed by atoms with van der Waals surface area (Å²) in [6, 6.07) is 0.